The molecule has 8 heteroatoms. The monoisotopic (exact) mass is 350 g/mol. The number of halogens is 2. The minimum Gasteiger partial charge on any atom is -0.390 e. The van der Waals surface area contributed by atoms with Gasteiger partial charge in [0.1, 0.15) is 6.10 Å². The normalized spacial score (nSPS) is 14.0. The van der Waals surface area contributed by atoms with Crippen LogP contribution in [0.25, 0.3) is 10.4 Å². The Labute approximate surface area is 108 Å². The summed E-state index contributed by atoms with van der Waals surface area (Å²) in [7, 11) is 0. The molecule has 0 bridgehead atoms. The standard InChI is InChI=1S/C8H8Br2N4O2/c9-4-1-12-2-5(10)7(4)8(16)6(15)3-13-14-11/h1-2,6,8,15-16H,3H2. The average molecular weight is 352 g/mol. The lowest BCUT2D eigenvalue weighted by atomic mass is 10.1. The third kappa shape index (κ3) is 3.16. The molecule has 2 N–H and O–H groups in total. The lowest BCUT2D eigenvalue weighted by molar-refractivity contribution is 0.0235. The molecular formula is C8H8Br2N4O2. The highest BCUT2D eigenvalue weighted by molar-refractivity contribution is 9.11. The van der Waals surface area contributed by atoms with Gasteiger partial charge in [0.15, 0.2) is 0 Å². The molecule has 6 nitrogen and oxygen atoms in total. The molecule has 1 aromatic heterocycles. The van der Waals surface area contributed by atoms with Gasteiger partial charge in [0.2, 0.25) is 0 Å². The van der Waals surface area contributed by atoms with Gasteiger partial charge in [0.25, 0.3) is 0 Å². The van der Waals surface area contributed by atoms with Crippen LogP contribution in [0.3, 0.4) is 0 Å². The Morgan fingerprint density at radius 2 is 1.94 bits per heavy atom. The van der Waals surface area contributed by atoms with E-state index in [1.54, 1.807) is 0 Å². The summed E-state index contributed by atoms with van der Waals surface area (Å²) in [6.07, 6.45) is 0.691. The second-order valence-electron chi connectivity index (χ2n) is 2.94. The van der Waals surface area contributed by atoms with Crippen molar-refractivity contribution in [1.29, 1.82) is 0 Å². The third-order valence-electron chi connectivity index (χ3n) is 1.88. The Kier molecular flexibility index (Phi) is 5.17. The fourth-order valence-electron chi connectivity index (χ4n) is 1.12. The van der Waals surface area contributed by atoms with Crippen molar-refractivity contribution in [2.75, 3.05) is 6.54 Å². The number of pyridine rings is 1. The predicted molar refractivity (Wildman–Crippen MR) is 64.6 cm³/mol. The fourth-order valence-corrected chi connectivity index (χ4v) is 2.51. The number of aliphatic hydroxyl groups is 2. The highest BCUT2D eigenvalue weighted by Crippen LogP contribution is 2.31. The summed E-state index contributed by atoms with van der Waals surface area (Å²) in [5.74, 6) is 0. The van der Waals surface area contributed by atoms with E-state index < -0.39 is 12.2 Å². The second-order valence-corrected chi connectivity index (χ2v) is 4.65. The number of nitrogens with zero attached hydrogens (tertiary/aromatic N) is 4. The molecule has 0 aliphatic heterocycles. The highest BCUT2D eigenvalue weighted by atomic mass is 79.9. The number of aliphatic hydroxyl groups excluding tert-OH is 2. The molecule has 1 heterocycles. The SMILES string of the molecule is [N-]=[N+]=NCC(O)C(O)c1c(Br)cncc1Br. The van der Waals surface area contributed by atoms with Gasteiger partial charge in [0.05, 0.1) is 12.6 Å². The van der Waals surface area contributed by atoms with Crippen LogP contribution in [0.5, 0.6) is 0 Å². The fraction of sp³-hybridized carbons (Fsp3) is 0.375. The van der Waals surface area contributed by atoms with Crippen LogP contribution >= 0.6 is 31.9 Å². The van der Waals surface area contributed by atoms with Gasteiger partial charge < -0.3 is 10.2 Å². The summed E-state index contributed by atoms with van der Waals surface area (Å²) in [5, 5.41) is 22.6. The highest BCUT2D eigenvalue weighted by Gasteiger charge is 2.22. The summed E-state index contributed by atoms with van der Waals surface area (Å²) < 4.78 is 1.13. The van der Waals surface area contributed by atoms with Crippen LogP contribution in [0.15, 0.2) is 26.5 Å². The molecule has 1 rings (SSSR count). The van der Waals surface area contributed by atoms with Crippen LogP contribution in [0.4, 0.5) is 0 Å². The summed E-state index contributed by atoms with van der Waals surface area (Å²) in [4.78, 5) is 6.39. The maximum absolute atomic E-state index is 9.86. The quantitative estimate of drug-likeness (QED) is 0.494. The first-order valence-electron chi connectivity index (χ1n) is 4.23. The van der Waals surface area contributed by atoms with Crippen molar-refractivity contribution >= 4 is 31.9 Å². The number of hydrogen-bond donors (Lipinski definition) is 2. The van der Waals surface area contributed by atoms with E-state index in [0.29, 0.717) is 14.5 Å². The van der Waals surface area contributed by atoms with Crippen molar-refractivity contribution in [2.24, 2.45) is 5.11 Å². The molecule has 0 aliphatic rings. The van der Waals surface area contributed by atoms with Gasteiger partial charge in [-0.05, 0) is 37.4 Å². The Balaban J connectivity index is 2.95. The second kappa shape index (κ2) is 6.17. The Bertz CT molecular complexity index is 402. The van der Waals surface area contributed by atoms with Crippen molar-refractivity contribution in [2.45, 2.75) is 12.2 Å². The zero-order valence-corrected chi connectivity index (χ0v) is 11.1. The van der Waals surface area contributed by atoms with E-state index in [4.69, 9.17) is 5.53 Å². The Morgan fingerprint density at radius 1 is 1.38 bits per heavy atom. The molecule has 0 spiro atoms. The van der Waals surface area contributed by atoms with Crippen LogP contribution in [0.1, 0.15) is 11.7 Å². The van der Waals surface area contributed by atoms with Crippen LogP contribution < -0.4 is 0 Å². The summed E-state index contributed by atoms with van der Waals surface area (Å²) in [5.41, 5.74) is 8.58. The van der Waals surface area contributed by atoms with Gasteiger partial charge in [0, 0.05) is 31.8 Å². The zero-order valence-electron chi connectivity index (χ0n) is 7.96. The third-order valence-corrected chi connectivity index (χ3v) is 3.15. The molecule has 0 aromatic carbocycles. The minimum atomic E-state index is -1.16. The average Bonchev–Trinajstić information content (AvgIpc) is 2.25. The molecule has 0 saturated carbocycles. The predicted octanol–water partition coefficient (Wildman–Crippen LogP) is 2.31. The van der Waals surface area contributed by atoms with E-state index in [0.717, 1.165) is 0 Å². The molecule has 16 heavy (non-hydrogen) atoms. The van der Waals surface area contributed by atoms with Gasteiger partial charge in [-0.2, -0.15) is 0 Å². The number of rotatable bonds is 4. The van der Waals surface area contributed by atoms with E-state index in [-0.39, 0.29) is 6.54 Å². The summed E-state index contributed by atoms with van der Waals surface area (Å²) in [6, 6.07) is 0. The summed E-state index contributed by atoms with van der Waals surface area (Å²) >= 11 is 6.43. The first kappa shape index (κ1) is 13.4. The van der Waals surface area contributed by atoms with Crippen LogP contribution in [-0.2, 0) is 0 Å². The molecule has 0 aliphatic carbocycles. The van der Waals surface area contributed by atoms with E-state index in [1.807, 2.05) is 0 Å². The number of hydrogen-bond acceptors (Lipinski definition) is 4. The van der Waals surface area contributed by atoms with Gasteiger partial charge in [-0.15, -0.1) is 0 Å². The van der Waals surface area contributed by atoms with E-state index in [2.05, 4.69) is 46.9 Å². The molecule has 2 atom stereocenters. The molecule has 0 saturated heterocycles. The van der Waals surface area contributed by atoms with Crippen molar-refractivity contribution in [3.63, 3.8) is 0 Å². The van der Waals surface area contributed by atoms with Crippen molar-refractivity contribution < 1.29 is 10.2 Å². The minimum absolute atomic E-state index is 0.196. The van der Waals surface area contributed by atoms with E-state index >= 15 is 0 Å². The molecule has 0 radical (unpaired) electrons. The number of aromatic nitrogens is 1. The van der Waals surface area contributed by atoms with Crippen molar-refractivity contribution in [3.05, 3.63) is 37.3 Å². The zero-order chi connectivity index (χ0) is 12.1. The van der Waals surface area contributed by atoms with E-state index in [9.17, 15) is 10.2 Å². The molecular weight excluding hydrogens is 344 g/mol. The van der Waals surface area contributed by atoms with Gasteiger partial charge in [-0.1, -0.05) is 5.11 Å². The Morgan fingerprint density at radius 3 is 2.44 bits per heavy atom. The smallest absolute Gasteiger partial charge is 0.107 e. The Hall–Kier alpha value is -0.660. The van der Waals surface area contributed by atoms with Crippen LogP contribution in [-0.4, -0.2) is 27.8 Å². The molecule has 0 amide bonds. The maximum Gasteiger partial charge on any atom is 0.107 e. The molecule has 0 fully saturated rings. The first-order chi connectivity index (χ1) is 7.57. The van der Waals surface area contributed by atoms with Gasteiger partial charge in [-0.3, -0.25) is 4.98 Å². The molecule has 2 unspecified atom stereocenters. The van der Waals surface area contributed by atoms with Gasteiger partial charge >= 0.3 is 0 Å². The van der Waals surface area contributed by atoms with E-state index in [1.165, 1.54) is 12.4 Å². The van der Waals surface area contributed by atoms with Crippen molar-refractivity contribution in [1.82, 2.24) is 4.98 Å². The molecule has 86 valence electrons. The lowest BCUT2D eigenvalue weighted by Gasteiger charge is -2.18. The lowest BCUT2D eigenvalue weighted by Crippen LogP contribution is -2.22. The topological polar surface area (TPSA) is 102 Å². The summed E-state index contributed by atoms with van der Waals surface area (Å²) in [6.45, 7) is -0.196. The van der Waals surface area contributed by atoms with Crippen LogP contribution in [0.2, 0.25) is 0 Å². The maximum atomic E-state index is 9.86. The number of azide groups is 1. The largest absolute Gasteiger partial charge is 0.390 e. The van der Waals surface area contributed by atoms with Crippen LogP contribution in [0, 0.1) is 0 Å². The molecule has 1 aromatic rings. The van der Waals surface area contributed by atoms with Crippen molar-refractivity contribution in [3.8, 4) is 0 Å². The first-order valence-corrected chi connectivity index (χ1v) is 5.82. The van der Waals surface area contributed by atoms with Gasteiger partial charge in [-0.25, -0.2) is 0 Å².